The molecule has 1 N–H and O–H groups in total. The Kier molecular flexibility index (Phi) is 6.31. The second-order valence-corrected chi connectivity index (χ2v) is 6.83. The molecule has 0 fully saturated rings. The number of nitrogens with zero attached hydrogens (tertiary/aromatic N) is 3. The minimum Gasteiger partial charge on any atom is -0.478 e. The van der Waals surface area contributed by atoms with Crippen LogP contribution in [0.2, 0.25) is 5.02 Å². The predicted octanol–water partition coefficient (Wildman–Crippen LogP) is 3.80. The first-order chi connectivity index (χ1) is 13.5. The number of hydrogen-bond donors (Lipinski definition) is 1. The molecule has 1 aromatic carbocycles. The Labute approximate surface area is 169 Å². The summed E-state index contributed by atoms with van der Waals surface area (Å²) in [6.07, 6.45) is 1.93. The van der Waals surface area contributed by atoms with E-state index >= 15 is 0 Å². The molecule has 146 valence electrons. The highest BCUT2D eigenvalue weighted by molar-refractivity contribution is 6.30. The molecule has 0 aliphatic heterocycles. The smallest absolute Gasteiger partial charge is 0.224 e. The number of rotatable bonds is 7. The number of hydrogen-bond acceptors (Lipinski definition) is 4. The van der Waals surface area contributed by atoms with Crippen LogP contribution in [0.1, 0.15) is 29.4 Å². The van der Waals surface area contributed by atoms with E-state index in [1.807, 2.05) is 61.9 Å². The Hall–Kier alpha value is -2.86. The highest BCUT2D eigenvalue weighted by atomic mass is 35.5. The predicted molar refractivity (Wildman–Crippen MR) is 109 cm³/mol. The maximum absolute atomic E-state index is 12.5. The third kappa shape index (κ3) is 4.51. The summed E-state index contributed by atoms with van der Waals surface area (Å²) in [6.45, 7) is 6.68. The van der Waals surface area contributed by atoms with Gasteiger partial charge >= 0.3 is 0 Å². The summed E-state index contributed by atoms with van der Waals surface area (Å²) in [6, 6.07) is 11.2. The Balaban J connectivity index is 1.70. The zero-order valence-corrected chi connectivity index (χ0v) is 17.0. The van der Waals surface area contributed by atoms with Gasteiger partial charge in [-0.25, -0.2) is 9.67 Å². The van der Waals surface area contributed by atoms with Gasteiger partial charge in [-0.3, -0.25) is 4.79 Å². The highest BCUT2D eigenvalue weighted by Gasteiger charge is 2.16. The molecule has 6 nitrogen and oxygen atoms in total. The molecular weight excluding hydrogens is 376 g/mol. The van der Waals surface area contributed by atoms with Gasteiger partial charge in [0, 0.05) is 34.6 Å². The molecule has 3 rings (SSSR count). The van der Waals surface area contributed by atoms with Gasteiger partial charge < -0.3 is 10.1 Å². The van der Waals surface area contributed by atoms with E-state index in [4.69, 9.17) is 16.3 Å². The summed E-state index contributed by atoms with van der Waals surface area (Å²) in [7, 11) is 0. The van der Waals surface area contributed by atoms with Gasteiger partial charge in [0.25, 0.3) is 0 Å². The van der Waals surface area contributed by atoms with Crippen molar-refractivity contribution in [2.75, 3.05) is 6.61 Å². The van der Waals surface area contributed by atoms with Crippen molar-refractivity contribution in [2.45, 2.75) is 33.7 Å². The molecule has 0 saturated carbocycles. The van der Waals surface area contributed by atoms with Crippen LogP contribution in [0, 0.1) is 13.8 Å². The lowest BCUT2D eigenvalue weighted by atomic mass is 10.1. The number of nitrogens with one attached hydrogen (secondary N) is 1. The zero-order valence-electron chi connectivity index (χ0n) is 16.2. The van der Waals surface area contributed by atoms with Crippen molar-refractivity contribution < 1.29 is 9.53 Å². The molecule has 0 spiro atoms. The molecule has 3 aromatic rings. The van der Waals surface area contributed by atoms with Crippen LogP contribution in [-0.2, 0) is 17.8 Å². The van der Waals surface area contributed by atoms with E-state index in [1.54, 1.807) is 6.20 Å². The average molecular weight is 399 g/mol. The third-order valence-corrected chi connectivity index (χ3v) is 4.71. The van der Waals surface area contributed by atoms with E-state index in [0.29, 0.717) is 24.1 Å². The van der Waals surface area contributed by atoms with Crippen LogP contribution in [0.4, 0.5) is 0 Å². The molecule has 2 aromatic heterocycles. The number of ether oxygens (including phenoxy) is 1. The molecule has 2 heterocycles. The Morgan fingerprint density at radius 3 is 2.68 bits per heavy atom. The van der Waals surface area contributed by atoms with Crippen LogP contribution >= 0.6 is 11.6 Å². The molecule has 0 unspecified atom stereocenters. The maximum Gasteiger partial charge on any atom is 0.224 e. The monoisotopic (exact) mass is 398 g/mol. The van der Waals surface area contributed by atoms with Crippen LogP contribution in [0.3, 0.4) is 0 Å². The van der Waals surface area contributed by atoms with Crippen molar-refractivity contribution >= 4 is 17.5 Å². The van der Waals surface area contributed by atoms with Crippen LogP contribution in [0.5, 0.6) is 5.88 Å². The fourth-order valence-electron chi connectivity index (χ4n) is 3.01. The molecule has 0 aliphatic carbocycles. The largest absolute Gasteiger partial charge is 0.478 e. The van der Waals surface area contributed by atoms with Gasteiger partial charge in [0.2, 0.25) is 11.8 Å². The molecule has 28 heavy (non-hydrogen) atoms. The standard InChI is InChI=1S/C21H23ClN4O2/c1-4-28-21-16(6-5-11-23-21)13-24-20(27)12-19-14(2)25-26(15(19)3)18-9-7-17(22)8-10-18/h5-11H,4,12-13H2,1-3H3,(H,24,27). The highest BCUT2D eigenvalue weighted by Crippen LogP contribution is 2.20. The summed E-state index contributed by atoms with van der Waals surface area (Å²) in [5.74, 6) is 0.473. The normalized spacial score (nSPS) is 10.7. The van der Waals surface area contributed by atoms with Crippen molar-refractivity contribution in [3.63, 3.8) is 0 Å². The fourth-order valence-corrected chi connectivity index (χ4v) is 3.13. The minimum absolute atomic E-state index is 0.0758. The summed E-state index contributed by atoms with van der Waals surface area (Å²) in [5.41, 5.74) is 4.45. The van der Waals surface area contributed by atoms with Crippen LogP contribution in [-0.4, -0.2) is 27.3 Å². The van der Waals surface area contributed by atoms with E-state index < -0.39 is 0 Å². The molecule has 0 bridgehead atoms. The number of halogens is 1. The number of aryl methyl sites for hydroxylation is 1. The molecule has 7 heteroatoms. The van der Waals surface area contributed by atoms with Crippen molar-refractivity contribution in [3.05, 3.63) is 70.1 Å². The van der Waals surface area contributed by atoms with E-state index in [0.717, 1.165) is 28.2 Å². The Bertz CT molecular complexity index is 967. The first-order valence-electron chi connectivity index (χ1n) is 9.14. The van der Waals surface area contributed by atoms with Gasteiger partial charge in [0.1, 0.15) is 0 Å². The average Bonchev–Trinajstić information content (AvgIpc) is 2.96. The number of carbonyl (C=O) groups is 1. The van der Waals surface area contributed by atoms with Gasteiger partial charge in [0.15, 0.2) is 0 Å². The quantitative estimate of drug-likeness (QED) is 0.657. The van der Waals surface area contributed by atoms with Crippen LogP contribution in [0.25, 0.3) is 5.69 Å². The van der Waals surface area contributed by atoms with Gasteiger partial charge in [0.05, 0.1) is 24.4 Å². The number of amides is 1. The first-order valence-corrected chi connectivity index (χ1v) is 9.51. The molecule has 0 aliphatic rings. The number of pyridine rings is 1. The minimum atomic E-state index is -0.0758. The van der Waals surface area contributed by atoms with Crippen molar-refractivity contribution in [3.8, 4) is 11.6 Å². The lowest BCUT2D eigenvalue weighted by Crippen LogP contribution is -2.25. The first kappa shape index (κ1) is 19.9. The van der Waals surface area contributed by atoms with E-state index in [1.165, 1.54) is 0 Å². The van der Waals surface area contributed by atoms with Crippen molar-refractivity contribution in [1.82, 2.24) is 20.1 Å². The fraction of sp³-hybridized carbons (Fsp3) is 0.286. The molecular formula is C21H23ClN4O2. The summed E-state index contributed by atoms with van der Waals surface area (Å²) >= 11 is 5.96. The van der Waals surface area contributed by atoms with E-state index in [-0.39, 0.29) is 12.3 Å². The summed E-state index contributed by atoms with van der Waals surface area (Å²) < 4.78 is 7.34. The second-order valence-electron chi connectivity index (χ2n) is 6.39. The topological polar surface area (TPSA) is 69.0 Å². The number of carbonyl (C=O) groups excluding carboxylic acids is 1. The molecule has 1 amide bonds. The molecule has 0 radical (unpaired) electrons. The Morgan fingerprint density at radius 2 is 1.96 bits per heavy atom. The van der Waals surface area contributed by atoms with Gasteiger partial charge in [-0.2, -0.15) is 5.10 Å². The van der Waals surface area contributed by atoms with Crippen LogP contribution in [0.15, 0.2) is 42.6 Å². The molecule has 0 saturated heterocycles. The van der Waals surface area contributed by atoms with Gasteiger partial charge in [-0.15, -0.1) is 0 Å². The SMILES string of the molecule is CCOc1ncccc1CNC(=O)Cc1c(C)nn(-c2ccc(Cl)cc2)c1C. The van der Waals surface area contributed by atoms with E-state index in [9.17, 15) is 4.79 Å². The summed E-state index contributed by atoms with van der Waals surface area (Å²) in [5, 5.41) is 8.20. The summed E-state index contributed by atoms with van der Waals surface area (Å²) in [4.78, 5) is 16.7. The zero-order chi connectivity index (χ0) is 20.1. The number of aromatic nitrogens is 3. The van der Waals surface area contributed by atoms with Crippen molar-refractivity contribution in [2.24, 2.45) is 0 Å². The van der Waals surface area contributed by atoms with Crippen molar-refractivity contribution in [1.29, 1.82) is 0 Å². The maximum atomic E-state index is 12.5. The van der Waals surface area contributed by atoms with Gasteiger partial charge in [-0.05, 0) is 51.1 Å². The van der Waals surface area contributed by atoms with Gasteiger partial charge in [-0.1, -0.05) is 17.7 Å². The third-order valence-electron chi connectivity index (χ3n) is 4.46. The second kappa shape index (κ2) is 8.89. The lowest BCUT2D eigenvalue weighted by molar-refractivity contribution is -0.120. The van der Waals surface area contributed by atoms with Crippen LogP contribution < -0.4 is 10.1 Å². The number of benzene rings is 1. The van der Waals surface area contributed by atoms with E-state index in [2.05, 4.69) is 15.4 Å². The molecule has 0 atom stereocenters. The Morgan fingerprint density at radius 1 is 1.21 bits per heavy atom. The lowest BCUT2D eigenvalue weighted by Gasteiger charge is -2.10.